The highest BCUT2D eigenvalue weighted by molar-refractivity contribution is 4.88. The van der Waals surface area contributed by atoms with Gasteiger partial charge in [0, 0.05) is 6.54 Å². The average Bonchev–Trinajstić information content (AvgIpc) is 2.70. The smallest absolute Gasteiger partial charge is 0.0931 e. The van der Waals surface area contributed by atoms with Crippen molar-refractivity contribution in [1.29, 1.82) is 0 Å². The lowest BCUT2D eigenvalue weighted by Crippen LogP contribution is -2.16. The Morgan fingerprint density at radius 3 is 2.87 bits per heavy atom. The van der Waals surface area contributed by atoms with E-state index in [1.165, 1.54) is 25.7 Å². The lowest BCUT2D eigenvalue weighted by atomic mass is 10.2. The first-order valence-electron chi connectivity index (χ1n) is 5.96. The van der Waals surface area contributed by atoms with Gasteiger partial charge in [0.2, 0.25) is 0 Å². The topological polar surface area (TPSA) is 41.5 Å². The summed E-state index contributed by atoms with van der Waals surface area (Å²) in [5.74, 6) is 0. The summed E-state index contributed by atoms with van der Waals surface area (Å²) in [6.07, 6.45) is 11.0. The second-order valence-corrected chi connectivity index (χ2v) is 4.12. The molecule has 15 heavy (non-hydrogen) atoms. The van der Waals surface area contributed by atoms with Crippen molar-refractivity contribution < 1.29 is 9.84 Å². The van der Waals surface area contributed by atoms with E-state index in [1.807, 2.05) is 0 Å². The molecule has 0 radical (unpaired) electrons. The quantitative estimate of drug-likeness (QED) is 0.385. The molecule has 2 N–H and O–H groups in total. The molecule has 0 spiro atoms. The van der Waals surface area contributed by atoms with Crippen LogP contribution in [0.4, 0.5) is 0 Å². The van der Waals surface area contributed by atoms with Crippen molar-refractivity contribution in [2.45, 2.75) is 51.2 Å². The summed E-state index contributed by atoms with van der Waals surface area (Å²) in [7, 11) is 0. The maximum absolute atomic E-state index is 8.50. The van der Waals surface area contributed by atoms with Gasteiger partial charge in [0.05, 0.1) is 18.9 Å². The van der Waals surface area contributed by atoms with Crippen LogP contribution in [0.3, 0.4) is 0 Å². The van der Waals surface area contributed by atoms with Crippen LogP contribution >= 0.6 is 0 Å². The summed E-state index contributed by atoms with van der Waals surface area (Å²) in [4.78, 5) is 0. The Morgan fingerprint density at radius 2 is 2.20 bits per heavy atom. The second kappa shape index (κ2) is 7.85. The van der Waals surface area contributed by atoms with Gasteiger partial charge < -0.3 is 9.84 Å². The molecule has 3 nitrogen and oxygen atoms in total. The number of aliphatic hydroxyl groups is 1. The molecular formula is C12H23NO2. The predicted molar refractivity (Wildman–Crippen MR) is 61.6 cm³/mol. The lowest BCUT2D eigenvalue weighted by Gasteiger charge is -2.15. The standard InChI is InChI=1S/C12H23NO2/c1-11(6-4-5-9-13-10-14)15-12-7-2-3-8-12/h4,6,11-14H,2-3,5,7-10H2,1H3/b6-4-. The summed E-state index contributed by atoms with van der Waals surface area (Å²) in [6, 6.07) is 0. The summed E-state index contributed by atoms with van der Waals surface area (Å²) in [5.41, 5.74) is 0. The molecule has 0 amide bonds. The van der Waals surface area contributed by atoms with Crippen molar-refractivity contribution in [3.05, 3.63) is 12.2 Å². The van der Waals surface area contributed by atoms with E-state index in [2.05, 4.69) is 24.4 Å². The number of aliphatic hydroxyl groups excluding tert-OH is 1. The molecule has 1 fully saturated rings. The first-order valence-corrected chi connectivity index (χ1v) is 5.96. The molecule has 0 bridgehead atoms. The molecule has 0 heterocycles. The fourth-order valence-electron chi connectivity index (χ4n) is 1.93. The highest BCUT2D eigenvalue weighted by Gasteiger charge is 2.16. The molecule has 0 aliphatic heterocycles. The minimum atomic E-state index is 0.0575. The molecule has 0 aromatic heterocycles. The first kappa shape index (κ1) is 12.7. The van der Waals surface area contributed by atoms with Crippen LogP contribution in [-0.2, 0) is 4.74 Å². The molecule has 0 aromatic rings. The molecule has 3 heteroatoms. The summed E-state index contributed by atoms with van der Waals surface area (Å²) in [5, 5.41) is 11.4. The number of hydrogen-bond donors (Lipinski definition) is 2. The molecule has 0 aromatic carbocycles. The van der Waals surface area contributed by atoms with Crippen molar-refractivity contribution >= 4 is 0 Å². The largest absolute Gasteiger partial charge is 0.381 e. The van der Waals surface area contributed by atoms with Gasteiger partial charge in [-0.15, -0.1) is 0 Å². The fourth-order valence-corrected chi connectivity index (χ4v) is 1.93. The zero-order valence-corrected chi connectivity index (χ0v) is 9.61. The van der Waals surface area contributed by atoms with Crippen molar-refractivity contribution in [2.24, 2.45) is 0 Å². The Hall–Kier alpha value is -0.380. The van der Waals surface area contributed by atoms with Crippen molar-refractivity contribution in [3.8, 4) is 0 Å². The molecule has 88 valence electrons. The highest BCUT2D eigenvalue weighted by Crippen LogP contribution is 2.22. The van der Waals surface area contributed by atoms with E-state index in [4.69, 9.17) is 9.84 Å². The van der Waals surface area contributed by atoms with Gasteiger partial charge in [-0.1, -0.05) is 25.0 Å². The summed E-state index contributed by atoms with van der Waals surface area (Å²) < 4.78 is 5.86. The number of rotatable bonds is 7. The maximum atomic E-state index is 8.50. The average molecular weight is 213 g/mol. The van der Waals surface area contributed by atoms with E-state index in [0.717, 1.165) is 13.0 Å². The second-order valence-electron chi connectivity index (χ2n) is 4.12. The Labute approximate surface area is 92.5 Å². The number of ether oxygens (including phenoxy) is 1. The third-order valence-electron chi connectivity index (χ3n) is 2.72. The van der Waals surface area contributed by atoms with Gasteiger partial charge in [0.25, 0.3) is 0 Å². The minimum Gasteiger partial charge on any atom is -0.381 e. The van der Waals surface area contributed by atoms with Crippen LogP contribution < -0.4 is 5.32 Å². The monoisotopic (exact) mass is 213 g/mol. The van der Waals surface area contributed by atoms with Gasteiger partial charge in [0.1, 0.15) is 0 Å². The highest BCUT2D eigenvalue weighted by atomic mass is 16.5. The minimum absolute atomic E-state index is 0.0575. The Balaban J connectivity index is 2.03. The molecule has 1 aliphatic rings. The van der Waals surface area contributed by atoms with Gasteiger partial charge in [-0.05, 0) is 26.2 Å². The van der Waals surface area contributed by atoms with Crippen LogP contribution in [0.2, 0.25) is 0 Å². The van der Waals surface area contributed by atoms with E-state index in [-0.39, 0.29) is 12.8 Å². The normalized spacial score (nSPS) is 20.1. The van der Waals surface area contributed by atoms with Crippen LogP contribution in [0, 0.1) is 0 Å². The van der Waals surface area contributed by atoms with Crippen LogP contribution in [0.1, 0.15) is 39.0 Å². The number of hydrogen-bond acceptors (Lipinski definition) is 3. The number of nitrogens with one attached hydrogen (secondary N) is 1. The van der Waals surface area contributed by atoms with Gasteiger partial charge in [-0.25, -0.2) is 0 Å². The van der Waals surface area contributed by atoms with Gasteiger partial charge in [0.15, 0.2) is 0 Å². The van der Waals surface area contributed by atoms with Crippen LogP contribution in [0.25, 0.3) is 0 Å². The van der Waals surface area contributed by atoms with Crippen molar-refractivity contribution in [2.75, 3.05) is 13.3 Å². The third kappa shape index (κ3) is 5.92. The van der Waals surface area contributed by atoms with E-state index in [1.54, 1.807) is 0 Å². The van der Waals surface area contributed by atoms with Crippen LogP contribution in [0.5, 0.6) is 0 Å². The van der Waals surface area contributed by atoms with Crippen LogP contribution in [0.15, 0.2) is 12.2 Å². The fraction of sp³-hybridized carbons (Fsp3) is 0.833. The maximum Gasteiger partial charge on any atom is 0.0931 e. The summed E-state index contributed by atoms with van der Waals surface area (Å²) in [6.45, 7) is 2.97. The lowest BCUT2D eigenvalue weighted by molar-refractivity contribution is 0.0275. The zero-order valence-electron chi connectivity index (χ0n) is 9.61. The van der Waals surface area contributed by atoms with E-state index in [9.17, 15) is 0 Å². The predicted octanol–water partition coefficient (Wildman–Crippen LogP) is 1.82. The Kier molecular flexibility index (Phi) is 6.64. The first-order chi connectivity index (χ1) is 7.33. The van der Waals surface area contributed by atoms with E-state index < -0.39 is 0 Å². The van der Waals surface area contributed by atoms with Crippen LogP contribution in [-0.4, -0.2) is 30.6 Å². The SMILES string of the molecule is CC(/C=C\CCNCO)OC1CCCC1. The van der Waals surface area contributed by atoms with Gasteiger partial charge >= 0.3 is 0 Å². The zero-order chi connectivity index (χ0) is 10.9. The Morgan fingerprint density at radius 1 is 1.47 bits per heavy atom. The third-order valence-corrected chi connectivity index (χ3v) is 2.72. The van der Waals surface area contributed by atoms with Gasteiger partial charge in [-0.2, -0.15) is 0 Å². The van der Waals surface area contributed by atoms with Crippen molar-refractivity contribution in [3.63, 3.8) is 0 Å². The van der Waals surface area contributed by atoms with E-state index in [0.29, 0.717) is 6.10 Å². The van der Waals surface area contributed by atoms with Crippen molar-refractivity contribution in [1.82, 2.24) is 5.32 Å². The molecule has 0 saturated heterocycles. The molecule has 1 aliphatic carbocycles. The Bertz CT molecular complexity index is 176. The molecule has 1 rings (SSSR count). The van der Waals surface area contributed by atoms with E-state index >= 15 is 0 Å². The van der Waals surface area contributed by atoms with Gasteiger partial charge in [-0.3, -0.25) is 5.32 Å². The molecule has 1 saturated carbocycles. The molecular weight excluding hydrogens is 190 g/mol. The molecule has 1 unspecified atom stereocenters. The summed E-state index contributed by atoms with van der Waals surface area (Å²) >= 11 is 0. The molecule has 1 atom stereocenters.